The highest BCUT2D eigenvalue weighted by atomic mass is 79.9. The van der Waals surface area contributed by atoms with E-state index in [4.69, 9.17) is 11.6 Å². The van der Waals surface area contributed by atoms with Crippen LogP contribution < -0.4 is 5.32 Å². The Morgan fingerprint density at radius 3 is 2.57 bits per heavy atom. The second-order valence-corrected chi connectivity index (χ2v) is 6.30. The van der Waals surface area contributed by atoms with Gasteiger partial charge in [-0.05, 0) is 40.0 Å². The van der Waals surface area contributed by atoms with Crippen molar-refractivity contribution in [1.29, 1.82) is 0 Å². The Morgan fingerprint density at radius 2 is 2.04 bits per heavy atom. The molecule has 0 radical (unpaired) electrons. The van der Waals surface area contributed by atoms with Gasteiger partial charge < -0.3 is 5.32 Å². The molecule has 1 aromatic heterocycles. The normalized spacial score (nSPS) is 11.8. The number of carbonyl (C=O) groups is 1. The van der Waals surface area contributed by atoms with Crippen LogP contribution in [-0.4, -0.2) is 16.1 Å². The van der Waals surface area contributed by atoms with Gasteiger partial charge in [0.15, 0.2) is 5.69 Å². The quantitative estimate of drug-likeness (QED) is 0.729. The van der Waals surface area contributed by atoms with Crippen LogP contribution in [0.5, 0.6) is 0 Å². The number of anilines is 1. The van der Waals surface area contributed by atoms with Crippen LogP contribution >= 0.6 is 27.5 Å². The van der Waals surface area contributed by atoms with Gasteiger partial charge in [-0.2, -0.15) is 18.3 Å². The number of rotatable bonds is 3. The van der Waals surface area contributed by atoms with Gasteiger partial charge in [0.05, 0.1) is 20.8 Å². The van der Waals surface area contributed by atoms with E-state index in [-0.39, 0.29) is 17.3 Å². The topological polar surface area (TPSA) is 57.8 Å². The Balaban J connectivity index is 2.28. The molecule has 0 unspecified atom stereocenters. The first kappa shape index (κ1) is 17.8. The fraction of sp³-hybridized carbons (Fsp3) is 0.286. The van der Waals surface area contributed by atoms with Crippen LogP contribution in [0.25, 0.3) is 0 Å². The molecule has 2 N–H and O–H groups in total. The Labute approximate surface area is 143 Å². The van der Waals surface area contributed by atoms with Crippen molar-refractivity contribution in [2.75, 3.05) is 5.32 Å². The maximum Gasteiger partial charge on any atom is 0.417 e. The smallest absolute Gasteiger partial charge is 0.321 e. The summed E-state index contributed by atoms with van der Waals surface area (Å²) in [5.41, 5.74) is -0.243. The molecule has 0 aliphatic heterocycles. The summed E-state index contributed by atoms with van der Waals surface area (Å²) in [4.78, 5) is 12.2. The average Bonchev–Trinajstić information content (AvgIpc) is 2.81. The van der Waals surface area contributed by atoms with E-state index in [1.165, 1.54) is 6.07 Å². The van der Waals surface area contributed by atoms with Gasteiger partial charge in [-0.1, -0.05) is 25.4 Å². The highest BCUT2D eigenvalue weighted by Gasteiger charge is 2.33. The van der Waals surface area contributed by atoms with Gasteiger partial charge in [-0.25, -0.2) is 0 Å². The Morgan fingerprint density at radius 1 is 1.39 bits per heavy atom. The summed E-state index contributed by atoms with van der Waals surface area (Å²) < 4.78 is 39.0. The van der Waals surface area contributed by atoms with Crippen molar-refractivity contribution in [3.63, 3.8) is 0 Å². The lowest BCUT2D eigenvalue weighted by molar-refractivity contribution is -0.137. The molecular weight excluding hydrogens is 399 g/mol. The van der Waals surface area contributed by atoms with Crippen molar-refractivity contribution in [2.45, 2.75) is 25.9 Å². The number of H-pyrrole nitrogens is 1. The summed E-state index contributed by atoms with van der Waals surface area (Å²) in [7, 11) is 0. The van der Waals surface area contributed by atoms with Crippen LogP contribution in [0.2, 0.25) is 5.02 Å². The van der Waals surface area contributed by atoms with Gasteiger partial charge >= 0.3 is 6.18 Å². The molecule has 1 heterocycles. The lowest BCUT2D eigenvalue weighted by Crippen LogP contribution is -2.14. The van der Waals surface area contributed by atoms with E-state index in [1.807, 2.05) is 13.8 Å². The highest BCUT2D eigenvalue weighted by Crippen LogP contribution is 2.36. The summed E-state index contributed by atoms with van der Waals surface area (Å²) >= 11 is 8.81. The molecule has 2 aromatic rings. The second kappa shape index (κ2) is 6.52. The molecule has 23 heavy (non-hydrogen) atoms. The van der Waals surface area contributed by atoms with Crippen LogP contribution in [-0.2, 0) is 6.18 Å². The SMILES string of the molecule is CC(C)c1[nH]nc(C(=O)Nc2ccc(Cl)c(C(F)(F)F)c2)c1Br. The Bertz CT molecular complexity index is 743. The zero-order valence-electron chi connectivity index (χ0n) is 12.1. The molecule has 9 heteroatoms. The third-order valence-corrected chi connectivity index (χ3v) is 4.19. The minimum atomic E-state index is -4.60. The molecule has 124 valence electrons. The number of nitrogens with one attached hydrogen (secondary N) is 2. The van der Waals surface area contributed by atoms with E-state index in [0.29, 0.717) is 4.47 Å². The molecule has 1 aromatic carbocycles. The number of aromatic nitrogens is 2. The lowest BCUT2D eigenvalue weighted by atomic mass is 10.1. The molecule has 0 fully saturated rings. The molecular formula is C14H12BrClF3N3O. The van der Waals surface area contributed by atoms with Crippen LogP contribution in [0.4, 0.5) is 18.9 Å². The van der Waals surface area contributed by atoms with Crippen LogP contribution in [0.1, 0.15) is 41.5 Å². The number of aromatic amines is 1. The van der Waals surface area contributed by atoms with E-state index in [1.54, 1.807) is 0 Å². The van der Waals surface area contributed by atoms with E-state index >= 15 is 0 Å². The van der Waals surface area contributed by atoms with Gasteiger partial charge in [0.1, 0.15) is 0 Å². The second-order valence-electron chi connectivity index (χ2n) is 5.10. The van der Waals surface area contributed by atoms with Gasteiger partial charge in [0, 0.05) is 5.69 Å². The van der Waals surface area contributed by atoms with Crippen molar-refractivity contribution in [2.24, 2.45) is 0 Å². The predicted octanol–water partition coefficient (Wildman–Crippen LogP) is 5.22. The van der Waals surface area contributed by atoms with E-state index < -0.39 is 22.7 Å². The predicted molar refractivity (Wildman–Crippen MR) is 84.8 cm³/mol. The first-order valence-electron chi connectivity index (χ1n) is 6.53. The van der Waals surface area contributed by atoms with Gasteiger partial charge in [-0.3, -0.25) is 9.89 Å². The number of alkyl halides is 3. The molecule has 1 amide bonds. The fourth-order valence-corrected chi connectivity index (χ4v) is 2.93. The van der Waals surface area contributed by atoms with Gasteiger partial charge in [0.25, 0.3) is 5.91 Å². The van der Waals surface area contributed by atoms with Gasteiger partial charge in [-0.15, -0.1) is 0 Å². The number of hydrogen-bond acceptors (Lipinski definition) is 2. The molecule has 4 nitrogen and oxygen atoms in total. The lowest BCUT2D eigenvalue weighted by Gasteiger charge is -2.11. The van der Waals surface area contributed by atoms with Crippen LogP contribution in [0.3, 0.4) is 0 Å². The molecule has 0 atom stereocenters. The minimum Gasteiger partial charge on any atom is -0.321 e. The summed E-state index contributed by atoms with van der Waals surface area (Å²) in [6.07, 6.45) is -4.60. The van der Waals surface area contributed by atoms with Crippen molar-refractivity contribution in [3.05, 3.63) is 44.6 Å². The number of hydrogen-bond donors (Lipinski definition) is 2. The zero-order chi connectivity index (χ0) is 17.4. The first-order chi connectivity index (χ1) is 10.6. The standard InChI is InChI=1S/C14H12BrClF3N3O/c1-6(2)11-10(15)12(22-21-11)13(23)20-7-3-4-9(16)8(5-7)14(17,18)19/h3-6H,1-2H3,(H,20,23)(H,21,22). The molecule has 0 aliphatic carbocycles. The molecule has 0 aliphatic rings. The van der Waals surface area contributed by atoms with Crippen molar-refractivity contribution in [3.8, 4) is 0 Å². The third kappa shape index (κ3) is 3.87. The van der Waals surface area contributed by atoms with Crippen LogP contribution in [0, 0.1) is 0 Å². The largest absolute Gasteiger partial charge is 0.417 e. The van der Waals surface area contributed by atoms with Crippen molar-refractivity contribution < 1.29 is 18.0 Å². The third-order valence-electron chi connectivity index (χ3n) is 3.05. The average molecular weight is 411 g/mol. The first-order valence-corrected chi connectivity index (χ1v) is 7.70. The molecule has 2 rings (SSSR count). The van der Waals surface area contributed by atoms with Crippen molar-refractivity contribution >= 4 is 39.1 Å². The molecule has 0 saturated carbocycles. The van der Waals surface area contributed by atoms with E-state index in [2.05, 4.69) is 31.4 Å². The monoisotopic (exact) mass is 409 g/mol. The Hall–Kier alpha value is -1.54. The number of amides is 1. The number of halogens is 5. The summed E-state index contributed by atoms with van der Waals surface area (Å²) in [6.45, 7) is 3.82. The molecule has 0 bridgehead atoms. The maximum atomic E-state index is 12.8. The zero-order valence-corrected chi connectivity index (χ0v) is 14.4. The number of carbonyl (C=O) groups excluding carboxylic acids is 1. The molecule has 0 spiro atoms. The molecule has 0 saturated heterocycles. The fourth-order valence-electron chi connectivity index (χ4n) is 1.89. The summed E-state index contributed by atoms with van der Waals surface area (Å²) in [6, 6.07) is 3.16. The van der Waals surface area contributed by atoms with E-state index in [0.717, 1.165) is 17.8 Å². The summed E-state index contributed by atoms with van der Waals surface area (Å²) in [5.74, 6) is -0.527. The highest BCUT2D eigenvalue weighted by molar-refractivity contribution is 9.10. The van der Waals surface area contributed by atoms with Crippen LogP contribution in [0.15, 0.2) is 22.7 Å². The van der Waals surface area contributed by atoms with E-state index in [9.17, 15) is 18.0 Å². The Kier molecular flexibility index (Phi) is 5.05. The minimum absolute atomic E-state index is 0.0206. The summed E-state index contributed by atoms with van der Waals surface area (Å²) in [5, 5.41) is 8.56. The number of nitrogens with zero attached hydrogens (tertiary/aromatic N) is 1. The maximum absolute atomic E-state index is 12.8. The van der Waals surface area contributed by atoms with Gasteiger partial charge in [0.2, 0.25) is 0 Å². The number of benzene rings is 1. The van der Waals surface area contributed by atoms with Crippen molar-refractivity contribution in [1.82, 2.24) is 10.2 Å².